The van der Waals surface area contributed by atoms with Crippen molar-refractivity contribution < 1.29 is 13.9 Å². The van der Waals surface area contributed by atoms with Crippen molar-refractivity contribution in [3.63, 3.8) is 0 Å². The van der Waals surface area contributed by atoms with E-state index in [4.69, 9.17) is 10.5 Å². The average molecular weight is 360 g/mol. The van der Waals surface area contributed by atoms with Gasteiger partial charge in [0.15, 0.2) is 0 Å². The lowest BCUT2D eigenvalue weighted by molar-refractivity contribution is 0.0111. The van der Waals surface area contributed by atoms with Crippen LogP contribution in [0.25, 0.3) is 10.9 Å². The Morgan fingerprint density at radius 2 is 2.12 bits per heavy atom. The van der Waals surface area contributed by atoms with Crippen LogP contribution in [-0.4, -0.2) is 45.8 Å². The van der Waals surface area contributed by atoms with Crippen molar-refractivity contribution >= 4 is 22.9 Å². The molecule has 1 amide bonds. The summed E-state index contributed by atoms with van der Waals surface area (Å²) in [6, 6.07) is 3.85. The molecule has 0 unspecified atom stereocenters. The minimum absolute atomic E-state index is 0.0307. The highest BCUT2D eigenvalue weighted by atomic mass is 19.1. The van der Waals surface area contributed by atoms with E-state index in [0.717, 1.165) is 16.5 Å². The molecule has 3 rings (SSSR count). The van der Waals surface area contributed by atoms with E-state index in [1.54, 1.807) is 27.0 Å². The number of nitrogens with zero attached hydrogens (tertiary/aromatic N) is 3. The first kappa shape index (κ1) is 18.4. The predicted molar refractivity (Wildman–Crippen MR) is 98.7 cm³/mol. The van der Waals surface area contributed by atoms with Gasteiger partial charge in [-0.05, 0) is 57.4 Å². The SMILES string of the molecule is Cc1cc2cnc(N)nc2cc1[C@H]1CCN(C(=O)OC(C)(C)C)C[C@@H]1F. The van der Waals surface area contributed by atoms with Gasteiger partial charge >= 0.3 is 6.09 Å². The van der Waals surface area contributed by atoms with Gasteiger partial charge < -0.3 is 15.4 Å². The quantitative estimate of drug-likeness (QED) is 0.840. The van der Waals surface area contributed by atoms with Gasteiger partial charge in [-0.1, -0.05) is 0 Å². The zero-order valence-corrected chi connectivity index (χ0v) is 15.6. The molecule has 1 aromatic heterocycles. The Morgan fingerprint density at radius 1 is 1.38 bits per heavy atom. The molecule has 1 aliphatic heterocycles. The van der Waals surface area contributed by atoms with Crippen molar-refractivity contribution in [2.75, 3.05) is 18.8 Å². The van der Waals surface area contributed by atoms with Crippen LogP contribution in [0.5, 0.6) is 0 Å². The Hall–Kier alpha value is -2.44. The first-order chi connectivity index (χ1) is 12.1. The van der Waals surface area contributed by atoms with E-state index in [0.29, 0.717) is 18.5 Å². The third-order valence-electron chi connectivity index (χ3n) is 4.58. The fraction of sp³-hybridized carbons (Fsp3) is 0.526. The van der Waals surface area contributed by atoms with Gasteiger partial charge in [0.25, 0.3) is 0 Å². The number of likely N-dealkylation sites (tertiary alicyclic amines) is 1. The third kappa shape index (κ3) is 3.86. The molecular formula is C19H25FN4O2. The molecule has 1 aliphatic rings. The number of aromatic nitrogens is 2. The Balaban J connectivity index is 1.80. The second kappa shape index (κ2) is 6.70. The van der Waals surface area contributed by atoms with Crippen LogP contribution in [0, 0.1) is 6.92 Å². The number of carbonyl (C=O) groups excluding carboxylic acids is 1. The number of amides is 1. The van der Waals surface area contributed by atoms with Crippen molar-refractivity contribution in [1.82, 2.24) is 14.9 Å². The first-order valence-corrected chi connectivity index (χ1v) is 8.79. The first-order valence-electron chi connectivity index (χ1n) is 8.79. The summed E-state index contributed by atoms with van der Waals surface area (Å²) in [5, 5.41) is 0.877. The standard InChI is InChI=1S/C19H25FN4O2/c1-11-7-12-9-22-17(21)23-16(12)8-14(11)13-5-6-24(10-15(13)20)18(25)26-19(2,3)4/h7-9,13,15H,5-6,10H2,1-4H3,(H2,21,22,23)/t13-,15+/m1/s1. The van der Waals surface area contributed by atoms with Crippen LogP contribution in [0.2, 0.25) is 0 Å². The minimum Gasteiger partial charge on any atom is -0.444 e. The van der Waals surface area contributed by atoms with Crippen LogP contribution in [0.15, 0.2) is 18.3 Å². The molecule has 2 heterocycles. The Bertz CT molecular complexity index is 834. The van der Waals surface area contributed by atoms with Gasteiger partial charge in [0, 0.05) is 24.0 Å². The highest BCUT2D eigenvalue weighted by Crippen LogP contribution is 2.34. The number of ether oxygens (including phenoxy) is 1. The lowest BCUT2D eigenvalue weighted by Gasteiger charge is -2.36. The number of rotatable bonds is 1. The van der Waals surface area contributed by atoms with Crippen LogP contribution in [0.3, 0.4) is 0 Å². The van der Waals surface area contributed by atoms with Gasteiger partial charge in [0.2, 0.25) is 5.95 Å². The number of hydrogen-bond acceptors (Lipinski definition) is 5. The van der Waals surface area contributed by atoms with Crippen molar-refractivity contribution in [3.05, 3.63) is 29.5 Å². The summed E-state index contributed by atoms with van der Waals surface area (Å²) in [6.45, 7) is 7.86. The smallest absolute Gasteiger partial charge is 0.410 e. The monoisotopic (exact) mass is 360 g/mol. The van der Waals surface area contributed by atoms with E-state index >= 15 is 0 Å². The number of anilines is 1. The second-order valence-corrected chi connectivity index (χ2v) is 7.83. The van der Waals surface area contributed by atoms with Gasteiger partial charge in [0.05, 0.1) is 12.1 Å². The molecule has 2 atom stereocenters. The second-order valence-electron chi connectivity index (χ2n) is 7.83. The number of aryl methyl sites for hydroxylation is 1. The summed E-state index contributed by atoms with van der Waals surface area (Å²) in [7, 11) is 0. The molecule has 0 aliphatic carbocycles. The average Bonchev–Trinajstić information content (AvgIpc) is 2.53. The Kier molecular flexibility index (Phi) is 4.73. The zero-order valence-electron chi connectivity index (χ0n) is 15.6. The molecule has 2 N–H and O–H groups in total. The third-order valence-corrected chi connectivity index (χ3v) is 4.58. The van der Waals surface area contributed by atoms with Crippen LogP contribution >= 0.6 is 0 Å². The topological polar surface area (TPSA) is 81.3 Å². The summed E-state index contributed by atoms with van der Waals surface area (Å²) in [4.78, 5) is 21.9. The maximum atomic E-state index is 14.9. The molecule has 2 aromatic rings. The van der Waals surface area contributed by atoms with Crippen molar-refractivity contribution in [2.24, 2.45) is 0 Å². The minimum atomic E-state index is -1.16. The number of fused-ring (bicyclic) bond motifs is 1. The lowest BCUT2D eigenvalue weighted by Crippen LogP contribution is -2.46. The van der Waals surface area contributed by atoms with E-state index in [1.165, 1.54) is 4.90 Å². The number of nitrogen functional groups attached to an aromatic ring is 1. The van der Waals surface area contributed by atoms with Gasteiger partial charge in [-0.3, -0.25) is 0 Å². The number of hydrogen-bond donors (Lipinski definition) is 1. The molecule has 1 aromatic carbocycles. The molecule has 7 heteroatoms. The predicted octanol–water partition coefficient (Wildman–Crippen LogP) is 3.58. The number of halogens is 1. The zero-order chi connectivity index (χ0) is 19.1. The molecular weight excluding hydrogens is 335 g/mol. The van der Waals surface area contributed by atoms with Gasteiger partial charge in [0.1, 0.15) is 11.8 Å². The van der Waals surface area contributed by atoms with Gasteiger partial charge in [-0.2, -0.15) is 0 Å². The summed E-state index contributed by atoms with van der Waals surface area (Å²) in [6.07, 6.45) is 0.584. The number of nitrogens with two attached hydrogens (primary N) is 1. The molecule has 0 spiro atoms. The summed E-state index contributed by atoms with van der Waals surface area (Å²) < 4.78 is 20.3. The lowest BCUT2D eigenvalue weighted by atomic mass is 9.85. The molecule has 140 valence electrons. The number of piperidine rings is 1. The number of benzene rings is 1. The van der Waals surface area contributed by atoms with Crippen LogP contribution in [0.4, 0.5) is 15.1 Å². The van der Waals surface area contributed by atoms with E-state index in [1.807, 2.05) is 19.1 Å². The largest absolute Gasteiger partial charge is 0.444 e. The maximum Gasteiger partial charge on any atom is 0.410 e. The molecule has 26 heavy (non-hydrogen) atoms. The number of carbonyl (C=O) groups is 1. The van der Waals surface area contributed by atoms with Crippen LogP contribution in [-0.2, 0) is 4.74 Å². The van der Waals surface area contributed by atoms with E-state index in [-0.39, 0.29) is 18.4 Å². The highest BCUT2D eigenvalue weighted by Gasteiger charge is 2.35. The molecule has 1 saturated heterocycles. The molecule has 6 nitrogen and oxygen atoms in total. The Labute approximate surface area is 152 Å². The fourth-order valence-electron chi connectivity index (χ4n) is 3.37. The van der Waals surface area contributed by atoms with Crippen molar-refractivity contribution in [2.45, 2.75) is 51.8 Å². The normalized spacial score (nSPS) is 21.0. The fourth-order valence-corrected chi connectivity index (χ4v) is 3.37. The molecule has 0 bridgehead atoms. The molecule has 1 fully saturated rings. The Morgan fingerprint density at radius 3 is 2.77 bits per heavy atom. The highest BCUT2D eigenvalue weighted by molar-refractivity contribution is 5.80. The van der Waals surface area contributed by atoms with Crippen LogP contribution in [0.1, 0.15) is 44.2 Å². The van der Waals surface area contributed by atoms with Crippen molar-refractivity contribution in [1.29, 1.82) is 0 Å². The summed E-state index contributed by atoms with van der Waals surface area (Å²) in [5.74, 6) is -0.0851. The van der Waals surface area contributed by atoms with E-state index in [9.17, 15) is 9.18 Å². The van der Waals surface area contributed by atoms with Gasteiger partial charge in [-0.15, -0.1) is 0 Å². The summed E-state index contributed by atoms with van der Waals surface area (Å²) >= 11 is 0. The van der Waals surface area contributed by atoms with E-state index in [2.05, 4.69) is 9.97 Å². The number of alkyl halides is 1. The molecule has 0 saturated carbocycles. The summed E-state index contributed by atoms with van der Waals surface area (Å²) in [5.41, 5.74) is 7.68. The maximum absolute atomic E-state index is 14.9. The van der Waals surface area contributed by atoms with Crippen molar-refractivity contribution in [3.8, 4) is 0 Å². The van der Waals surface area contributed by atoms with E-state index < -0.39 is 17.9 Å². The molecule has 0 radical (unpaired) electrons. The van der Waals surface area contributed by atoms with Gasteiger partial charge in [-0.25, -0.2) is 19.2 Å². The van der Waals surface area contributed by atoms with Crippen LogP contribution < -0.4 is 5.73 Å².